The van der Waals surface area contributed by atoms with Gasteiger partial charge < -0.3 is 10.6 Å². The zero-order valence-corrected chi connectivity index (χ0v) is 16.9. The second kappa shape index (κ2) is 7.63. The number of nitrogens with zero attached hydrogens (tertiary/aromatic N) is 1. The fourth-order valence-electron chi connectivity index (χ4n) is 4.42. The lowest BCUT2D eigenvalue weighted by Crippen LogP contribution is -2.54. The predicted octanol–water partition coefficient (Wildman–Crippen LogP) is 1.35. The van der Waals surface area contributed by atoms with E-state index in [2.05, 4.69) is 28.1 Å². The van der Waals surface area contributed by atoms with Gasteiger partial charge in [0.1, 0.15) is 6.04 Å². The maximum absolute atomic E-state index is 12.9. The monoisotopic (exact) mass is 418 g/mol. The van der Waals surface area contributed by atoms with E-state index in [1.807, 2.05) is 12.1 Å². The van der Waals surface area contributed by atoms with E-state index in [-0.39, 0.29) is 18.7 Å². The van der Waals surface area contributed by atoms with E-state index in [1.165, 1.54) is 11.1 Å². The molecule has 31 heavy (non-hydrogen) atoms. The summed E-state index contributed by atoms with van der Waals surface area (Å²) in [5, 5.41) is 8.95. The maximum atomic E-state index is 12.9. The van der Waals surface area contributed by atoms with Gasteiger partial charge in [0, 0.05) is 25.2 Å². The summed E-state index contributed by atoms with van der Waals surface area (Å²) in [5.74, 6) is -1.96. The third-order valence-corrected chi connectivity index (χ3v) is 6.09. The first-order valence-electron chi connectivity index (χ1n) is 10.4. The van der Waals surface area contributed by atoms with Crippen molar-refractivity contribution < 1.29 is 19.2 Å². The van der Waals surface area contributed by atoms with Gasteiger partial charge in [-0.3, -0.25) is 29.4 Å². The van der Waals surface area contributed by atoms with Crippen molar-refractivity contribution in [2.24, 2.45) is 0 Å². The van der Waals surface area contributed by atoms with E-state index < -0.39 is 23.8 Å². The van der Waals surface area contributed by atoms with Gasteiger partial charge in [-0.1, -0.05) is 12.1 Å². The topological polar surface area (TPSA) is 108 Å². The number of hydrogen-bond acceptors (Lipinski definition) is 6. The Balaban J connectivity index is 1.32. The van der Waals surface area contributed by atoms with Crippen LogP contribution in [-0.2, 0) is 29.1 Å². The number of amides is 4. The Morgan fingerprint density at radius 1 is 0.935 bits per heavy atom. The molecule has 0 aliphatic carbocycles. The summed E-state index contributed by atoms with van der Waals surface area (Å²) in [7, 11) is 0. The first kappa shape index (κ1) is 19.4. The fourth-order valence-corrected chi connectivity index (χ4v) is 4.42. The Kier molecular flexibility index (Phi) is 4.78. The van der Waals surface area contributed by atoms with Crippen LogP contribution in [-0.4, -0.2) is 41.1 Å². The molecule has 0 radical (unpaired) electrons. The second-order valence-corrected chi connectivity index (χ2v) is 8.09. The molecule has 158 valence electrons. The van der Waals surface area contributed by atoms with Gasteiger partial charge in [-0.05, 0) is 60.3 Å². The van der Waals surface area contributed by atoms with E-state index in [4.69, 9.17) is 0 Å². The highest BCUT2D eigenvalue weighted by atomic mass is 16.2. The van der Waals surface area contributed by atoms with Crippen LogP contribution in [0.15, 0.2) is 36.4 Å². The first-order valence-corrected chi connectivity index (χ1v) is 10.4. The van der Waals surface area contributed by atoms with Crippen LogP contribution < -0.4 is 16.0 Å². The van der Waals surface area contributed by atoms with Gasteiger partial charge in [0.25, 0.3) is 11.8 Å². The first-order chi connectivity index (χ1) is 15.0. The fraction of sp³-hybridized carbons (Fsp3) is 0.304. The van der Waals surface area contributed by atoms with Gasteiger partial charge in [0.2, 0.25) is 11.8 Å². The van der Waals surface area contributed by atoms with Crippen LogP contribution in [0.5, 0.6) is 0 Å². The van der Waals surface area contributed by atoms with Gasteiger partial charge in [0.15, 0.2) is 0 Å². The summed E-state index contributed by atoms with van der Waals surface area (Å²) >= 11 is 0. The molecule has 0 bridgehead atoms. The van der Waals surface area contributed by atoms with Gasteiger partial charge >= 0.3 is 0 Å². The molecular formula is C23H22N4O4. The number of imide groups is 2. The van der Waals surface area contributed by atoms with Crippen LogP contribution in [0.25, 0.3) is 0 Å². The lowest BCUT2D eigenvalue weighted by Gasteiger charge is -2.27. The molecule has 0 saturated carbocycles. The molecule has 4 amide bonds. The molecule has 1 unspecified atom stereocenters. The SMILES string of the molecule is O=C1CCC(N2C(=O)c3ccc(CNc4ccc5c(c4)CCNC5)cc3C2=O)C(=O)N1. The normalized spacial score (nSPS) is 20.4. The van der Waals surface area contributed by atoms with Crippen molar-refractivity contribution in [3.05, 3.63) is 64.2 Å². The number of carbonyl (C=O) groups excluding carboxylic acids is 4. The molecule has 8 heteroatoms. The highest BCUT2D eigenvalue weighted by Crippen LogP contribution is 2.28. The van der Waals surface area contributed by atoms with Crippen LogP contribution >= 0.6 is 0 Å². The second-order valence-electron chi connectivity index (χ2n) is 8.09. The number of hydrogen-bond donors (Lipinski definition) is 3. The number of nitrogens with one attached hydrogen (secondary N) is 3. The number of rotatable bonds is 4. The lowest BCUT2D eigenvalue weighted by atomic mass is 10.0. The molecule has 1 fully saturated rings. The molecule has 8 nitrogen and oxygen atoms in total. The smallest absolute Gasteiger partial charge is 0.262 e. The number of fused-ring (bicyclic) bond motifs is 2. The number of anilines is 1. The zero-order valence-electron chi connectivity index (χ0n) is 16.9. The molecule has 0 aromatic heterocycles. The summed E-state index contributed by atoms with van der Waals surface area (Å²) in [4.78, 5) is 50.3. The molecule has 3 heterocycles. The quantitative estimate of drug-likeness (QED) is 0.647. The van der Waals surface area contributed by atoms with Crippen molar-refractivity contribution in [1.29, 1.82) is 0 Å². The largest absolute Gasteiger partial charge is 0.381 e. The van der Waals surface area contributed by atoms with Crippen molar-refractivity contribution in [2.75, 3.05) is 11.9 Å². The third kappa shape index (κ3) is 3.48. The van der Waals surface area contributed by atoms with Crippen molar-refractivity contribution in [3.8, 4) is 0 Å². The third-order valence-electron chi connectivity index (χ3n) is 6.09. The average Bonchev–Trinajstić information content (AvgIpc) is 3.02. The Labute approximate surface area is 179 Å². The average molecular weight is 418 g/mol. The number of benzene rings is 2. The van der Waals surface area contributed by atoms with E-state index in [1.54, 1.807) is 12.1 Å². The minimum absolute atomic E-state index is 0.107. The standard InChI is InChI=1S/C23H22N4O4/c28-20-6-5-19(21(29)26-20)27-22(30)17-4-1-13(9-18(17)23(27)31)11-25-16-3-2-15-12-24-8-7-14(15)10-16/h1-4,9-10,19,24-25H,5-8,11-12H2,(H,26,28,29). The summed E-state index contributed by atoms with van der Waals surface area (Å²) in [5.41, 5.74) is 5.11. The summed E-state index contributed by atoms with van der Waals surface area (Å²) in [6.45, 7) is 2.37. The molecular weight excluding hydrogens is 396 g/mol. The van der Waals surface area contributed by atoms with Crippen molar-refractivity contribution in [1.82, 2.24) is 15.5 Å². The summed E-state index contributed by atoms with van der Waals surface area (Å²) < 4.78 is 0. The molecule has 3 N–H and O–H groups in total. The molecule has 2 aromatic carbocycles. The molecule has 2 aromatic rings. The Hall–Kier alpha value is -3.52. The summed E-state index contributed by atoms with van der Waals surface area (Å²) in [6, 6.07) is 10.5. The Morgan fingerprint density at radius 3 is 2.61 bits per heavy atom. The van der Waals surface area contributed by atoms with Crippen LogP contribution in [0.2, 0.25) is 0 Å². The van der Waals surface area contributed by atoms with E-state index in [0.29, 0.717) is 17.7 Å². The van der Waals surface area contributed by atoms with E-state index in [0.717, 1.165) is 35.7 Å². The van der Waals surface area contributed by atoms with E-state index in [9.17, 15) is 19.2 Å². The van der Waals surface area contributed by atoms with E-state index >= 15 is 0 Å². The maximum Gasteiger partial charge on any atom is 0.262 e. The minimum Gasteiger partial charge on any atom is -0.381 e. The van der Waals surface area contributed by atoms with Crippen LogP contribution in [0.1, 0.15) is 50.2 Å². The number of piperidine rings is 1. The van der Waals surface area contributed by atoms with Crippen LogP contribution in [0, 0.1) is 0 Å². The van der Waals surface area contributed by atoms with Gasteiger partial charge in [-0.2, -0.15) is 0 Å². The zero-order chi connectivity index (χ0) is 21.5. The van der Waals surface area contributed by atoms with Gasteiger partial charge in [0.05, 0.1) is 11.1 Å². The molecule has 1 saturated heterocycles. The lowest BCUT2D eigenvalue weighted by molar-refractivity contribution is -0.136. The molecule has 1 atom stereocenters. The molecule has 0 spiro atoms. The molecule has 5 rings (SSSR count). The van der Waals surface area contributed by atoms with Crippen LogP contribution in [0.4, 0.5) is 5.69 Å². The van der Waals surface area contributed by atoms with Gasteiger partial charge in [-0.15, -0.1) is 0 Å². The minimum atomic E-state index is -0.948. The summed E-state index contributed by atoms with van der Waals surface area (Å²) in [6.07, 6.45) is 1.25. The predicted molar refractivity (Wildman–Crippen MR) is 112 cm³/mol. The molecule has 3 aliphatic rings. The Morgan fingerprint density at radius 2 is 1.77 bits per heavy atom. The van der Waals surface area contributed by atoms with Crippen LogP contribution in [0.3, 0.4) is 0 Å². The molecule has 3 aliphatic heterocycles. The van der Waals surface area contributed by atoms with Crippen molar-refractivity contribution in [2.45, 2.75) is 38.4 Å². The highest BCUT2D eigenvalue weighted by molar-refractivity contribution is 6.23. The van der Waals surface area contributed by atoms with Crippen molar-refractivity contribution in [3.63, 3.8) is 0 Å². The highest BCUT2D eigenvalue weighted by Gasteiger charge is 2.44. The van der Waals surface area contributed by atoms with Crippen molar-refractivity contribution >= 4 is 29.3 Å². The van der Waals surface area contributed by atoms with Gasteiger partial charge in [-0.25, -0.2) is 0 Å². The Bertz CT molecular complexity index is 1130. The number of carbonyl (C=O) groups is 4.